The van der Waals surface area contributed by atoms with Gasteiger partial charge in [-0.2, -0.15) is 0 Å². The zero-order valence-corrected chi connectivity index (χ0v) is 14.5. The number of benzene rings is 2. The zero-order chi connectivity index (χ0) is 17.6. The molecule has 0 atom stereocenters. The number of nitrogens with zero attached hydrogens (tertiary/aromatic N) is 1. The monoisotopic (exact) mass is 336 g/mol. The molecule has 3 rings (SSSR count). The van der Waals surface area contributed by atoms with Gasteiger partial charge in [0.15, 0.2) is 0 Å². The summed E-state index contributed by atoms with van der Waals surface area (Å²) in [6, 6.07) is 14.7. The van der Waals surface area contributed by atoms with Crippen molar-refractivity contribution in [3.63, 3.8) is 0 Å². The van der Waals surface area contributed by atoms with Gasteiger partial charge in [-0.3, -0.25) is 4.79 Å². The highest BCUT2D eigenvalue weighted by atomic mass is 16.3. The minimum atomic E-state index is -0.173. The number of aromatic hydroxyl groups is 1. The summed E-state index contributed by atoms with van der Waals surface area (Å²) < 4.78 is 0. The molecule has 25 heavy (non-hydrogen) atoms. The number of carbonyl (C=O) groups excluding carboxylic acids is 1. The van der Waals surface area contributed by atoms with Crippen LogP contribution in [0.3, 0.4) is 0 Å². The second kappa shape index (κ2) is 7.88. The summed E-state index contributed by atoms with van der Waals surface area (Å²) >= 11 is 0. The van der Waals surface area contributed by atoms with Crippen molar-refractivity contribution in [1.29, 1.82) is 0 Å². The lowest BCUT2D eigenvalue weighted by molar-refractivity contribution is -0.111. The van der Waals surface area contributed by atoms with Gasteiger partial charge in [-0.25, -0.2) is 0 Å². The van der Waals surface area contributed by atoms with Gasteiger partial charge in [0.05, 0.1) is 0 Å². The highest BCUT2D eigenvalue weighted by Gasteiger charge is 2.15. The predicted molar refractivity (Wildman–Crippen MR) is 103 cm³/mol. The highest BCUT2D eigenvalue weighted by molar-refractivity contribution is 6.02. The SMILES string of the molecule is CC1CCN(c2ccc(NC(=O)/C=C/c3ccc(O)cc3)cc2)CC1. The average Bonchev–Trinajstić information content (AvgIpc) is 2.63. The molecule has 0 unspecified atom stereocenters. The Kier molecular flexibility index (Phi) is 5.39. The quantitative estimate of drug-likeness (QED) is 0.819. The van der Waals surface area contributed by atoms with Crippen LogP contribution < -0.4 is 10.2 Å². The molecular formula is C21H24N2O2. The molecule has 0 aliphatic carbocycles. The smallest absolute Gasteiger partial charge is 0.248 e. The number of phenols is 1. The third-order valence-corrected chi connectivity index (χ3v) is 4.60. The van der Waals surface area contributed by atoms with Crippen LogP contribution in [0.15, 0.2) is 54.6 Å². The molecule has 4 nitrogen and oxygen atoms in total. The second-order valence-corrected chi connectivity index (χ2v) is 6.63. The molecule has 0 bridgehead atoms. The first-order valence-corrected chi connectivity index (χ1v) is 8.73. The lowest BCUT2D eigenvalue weighted by Crippen LogP contribution is -2.32. The van der Waals surface area contributed by atoms with Crippen LogP contribution in [0, 0.1) is 5.92 Å². The topological polar surface area (TPSA) is 52.6 Å². The van der Waals surface area contributed by atoms with E-state index in [1.807, 2.05) is 12.1 Å². The Bertz CT molecular complexity index is 727. The minimum Gasteiger partial charge on any atom is -0.508 e. The van der Waals surface area contributed by atoms with E-state index in [4.69, 9.17) is 0 Å². The standard InChI is InChI=1S/C21H24N2O2/c1-16-12-14-23(15-13-16)19-7-5-18(6-8-19)22-21(25)11-4-17-2-9-20(24)10-3-17/h2-11,16,24H,12-15H2,1H3,(H,22,25)/b11-4+. The minimum absolute atomic E-state index is 0.173. The molecule has 1 amide bonds. The molecule has 0 saturated carbocycles. The Balaban J connectivity index is 1.55. The summed E-state index contributed by atoms with van der Waals surface area (Å²) in [6.07, 6.45) is 5.69. The molecule has 0 radical (unpaired) electrons. The fourth-order valence-corrected chi connectivity index (χ4v) is 2.96. The number of hydrogen-bond donors (Lipinski definition) is 2. The summed E-state index contributed by atoms with van der Waals surface area (Å²) in [5.74, 6) is 0.854. The molecule has 1 saturated heterocycles. The Morgan fingerprint density at radius 3 is 2.36 bits per heavy atom. The van der Waals surface area contributed by atoms with Crippen LogP contribution >= 0.6 is 0 Å². The lowest BCUT2D eigenvalue weighted by atomic mass is 9.99. The van der Waals surface area contributed by atoms with Crippen LogP contribution in [-0.2, 0) is 4.79 Å². The van der Waals surface area contributed by atoms with Gasteiger partial charge in [0, 0.05) is 30.5 Å². The normalized spacial score (nSPS) is 15.5. The average molecular weight is 336 g/mol. The second-order valence-electron chi connectivity index (χ2n) is 6.63. The highest BCUT2D eigenvalue weighted by Crippen LogP contribution is 2.24. The third kappa shape index (κ3) is 4.86. The summed E-state index contributed by atoms with van der Waals surface area (Å²) in [7, 11) is 0. The van der Waals surface area contributed by atoms with Crippen LogP contribution in [0.25, 0.3) is 6.08 Å². The molecule has 0 aromatic heterocycles. The maximum absolute atomic E-state index is 12.0. The Labute approximate surface area is 148 Å². The van der Waals surface area contributed by atoms with Crippen LogP contribution in [0.5, 0.6) is 5.75 Å². The van der Waals surface area contributed by atoms with Crippen LogP contribution in [-0.4, -0.2) is 24.1 Å². The van der Waals surface area contributed by atoms with Crippen molar-refractivity contribution in [2.75, 3.05) is 23.3 Å². The summed E-state index contributed by atoms with van der Waals surface area (Å²) in [6.45, 7) is 4.51. The van der Waals surface area contributed by atoms with Gasteiger partial charge >= 0.3 is 0 Å². The molecule has 1 heterocycles. The number of phenolic OH excluding ortho intramolecular Hbond substituents is 1. The molecule has 130 valence electrons. The molecule has 1 aliphatic rings. The van der Waals surface area contributed by atoms with E-state index in [0.29, 0.717) is 0 Å². The van der Waals surface area contributed by atoms with Crippen molar-refractivity contribution in [3.05, 3.63) is 60.2 Å². The lowest BCUT2D eigenvalue weighted by Gasteiger charge is -2.32. The Hall–Kier alpha value is -2.75. The van der Waals surface area contributed by atoms with E-state index in [1.165, 1.54) is 24.6 Å². The fourth-order valence-electron chi connectivity index (χ4n) is 2.96. The van der Waals surface area contributed by atoms with E-state index in [2.05, 4.69) is 29.3 Å². The first-order valence-electron chi connectivity index (χ1n) is 8.73. The molecular weight excluding hydrogens is 312 g/mol. The van der Waals surface area contributed by atoms with E-state index in [0.717, 1.165) is 30.3 Å². The van der Waals surface area contributed by atoms with E-state index >= 15 is 0 Å². The van der Waals surface area contributed by atoms with Crippen LogP contribution in [0.4, 0.5) is 11.4 Å². The first kappa shape index (κ1) is 17.1. The molecule has 2 aromatic carbocycles. The molecule has 1 aliphatic heterocycles. The van der Waals surface area contributed by atoms with Gasteiger partial charge < -0.3 is 15.3 Å². The molecule has 4 heteroatoms. The third-order valence-electron chi connectivity index (χ3n) is 4.60. The fraction of sp³-hybridized carbons (Fsp3) is 0.286. The number of nitrogens with one attached hydrogen (secondary N) is 1. The summed E-state index contributed by atoms with van der Waals surface area (Å²) in [4.78, 5) is 14.4. The van der Waals surface area contributed by atoms with Gasteiger partial charge in [-0.15, -0.1) is 0 Å². The predicted octanol–water partition coefficient (Wildman–Crippen LogP) is 4.28. The zero-order valence-electron chi connectivity index (χ0n) is 14.5. The van der Waals surface area contributed by atoms with Crippen molar-refractivity contribution >= 4 is 23.4 Å². The van der Waals surface area contributed by atoms with E-state index in [9.17, 15) is 9.90 Å². The van der Waals surface area contributed by atoms with Crippen LogP contribution in [0.2, 0.25) is 0 Å². The van der Waals surface area contributed by atoms with Gasteiger partial charge in [0.25, 0.3) is 0 Å². The Morgan fingerprint density at radius 2 is 1.72 bits per heavy atom. The van der Waals surface area contributed by atoms with Gasteiger partial charge in [-0.1, -0.05) is 19.1 Å². The number of hydrogen-bond acceptors (Lipinski definition) is 3. The van der Waals surface area contributed by atoms with E-state index in [1.54, 1.807) is 30.3 Å². The largest absolute Gasteiger partial charge is 0.508 e. The molecule has 2 aromatic rings. The number of amides is 1. The van der Waals surface area contributed by atoms with E-state index in [-0.39, 0.29) is 11.7 Å². The first-order chi connectivity index (χ1) is 12.1. The number of piperidine rings is 1. The Morgan fingerprint density at radius 1 is 1.08 bits per heavy atom. The van der Waals surface area contributed by atoms with Crippen molar-refractivity contribution in [1.82, 2.24) is 0 Å². The molecule has 1 fully saturated rings. The maximum Gasteiger partial charge on any atom is 0.248 e. The number of carbonyl (C=O) groups is 1. The van der Waals surface area contributed by atoms with Gasteiger partial charge in [0.1, 0.15) is 5.75 Å². The van der Waals surface area contributed by atoms with Crippen molar-refractivity contribution in [2.45, 2.75) is 19.8 Å². The van der Waals surface area contributed by atoms with Crippen LogP contribution in [0.1, 0.15) is 25.3 Å². The van der Waals surface area contributed by atoms with Gasteiger partial charge in [0.2, 0.25) is 5.91 Å². The molecule has 0 spiro atoms. The number of rotatable bonds is 4. The van der Waals surface area contributed by atoms with Crippen molar-refractivity contribution < 1.29 is 9.90 Å². The maximum atomic E-state index is 12.0. The van der Waals surface area contributed by atoms with Gasteiger partial charge in [-0.05, 0) is 66.8 Å². The number of anilines is 2. The molecule has 2 N–H and O–H groups in total. The van der Waals surface area contributed by atoms with E-state index < -0.39 is 0 Å². The van der Waals surface area contributed by atoms with Crippen molar-refractivity contribution in [2.24, 2.45) is 5.92 Å². The van der Waals surface area contributed by atoms with Crippen molar-refractivity contribution in [3.8, 4) is 5.75 Å². The summed E-state index contributed by atoms with van der Waals surface area (Å²) in [5, 5.41) is 12.1. The summed E-state index contributed by atoms with van der Waals surface area (Å²) in [5.41, 5.74) is 2.86.